The summed E-state index contributed by atoms with van der Waals surface area (Å²) in [7, 11) is 3.04. The van der Waals surface area contributed by atoms with Gasteiger partial charge in [0.2, 0.25) is 13.6 Å². The summed E-state index contributed by atoms with van der Waals surface area (Å²) in [5.41, 5.74) is 6.46. The van der Waals surface area contributed by atoms with Gasteiger partial charge in [-0.25, -0.2) is 4.79 Å². The van der Waals surface area contributed by atoms with Crippen molar-refractivity contribution in [2.45, 2.75) is 19.8 Å². The summed E-state index contributed by atoms with van der Waals surface area (Å²) in [5, 5.41) is 0. The molecule has 10 heteroatoms. The van der Waals surface area contributed by atoms with E-state index in [0.717, 1.165) is 52.5 Å². The number of hydrogen-bond acceptors (Lipinski definition) is 10. The number of ether oxygens (including phenoxy) is 7. The van der Waals surface area contributed by atoms with E-state index in [1.54, 1.807) is 13.2 Å². The molecule has 0 radical (unpaired) electrons. The van der Waals surface area contributed by atoms with Gasteiger partial charge in [0.1, 0.15) is 17.2 Å². The van der Waals surface area contributed by atoms with Crippen molar-refractivity contribution in [2.24, 2.45) is 0 Å². The van der Waals surface area contributed by atoms with Crippen LogP contribution in [0.3, 0.4) is 0 Å². The Hall–Kier alpha value is -6.03. The van der Waals surface area contributed by atoms with Crippen LogP contribution in [-0.2, 0) is 4.74 Å². The molecule has 0 saturated heterocycles. The fourth-order valence-electron chi connectivity index (χ4n) is 6.99. The van der Waals surface area contributed by atoms with Gasteiger partial charge >= 0.3 is 5.97 Å². The van der Waals surface area contributed by atoms with Crippen LogP contribution in [-0.4, -0.2) is 46.9 Å². The zero-order valence-electron chi connectivity index (χ0n) is 28.2. The second kappa shape index (κ2) is 12.8. The molecule has 3 aliphatic rings. The number of esters is 1. The highest BCUT2D eigenvalue weighted by Crippen LogP contribution is 2.54. The molecule has 10 nitrogen and oxygen atoms in total. The first-order valence-corrected chi connectivity index (χ1v) is 16.6. The Morgan fingerprint density at radius 1 is 0.660 bits per heavy atom. The van der Waals surface area contributed by atoms with Gasteiger partial charge < -0.3 is 43.0 Å². The van der Waals surface area contributed by atoms with Gasteiger partial charge in [-0.3, -0.25) is 0 Å². The molecule has 0 fully saturated rings. The summed E-state index contributed by atoms with van der Waals surface area (Å²) in [5.74, 6) is 3.73. The van der Waals surface area contributed by atoms with Crippen LogP contribution in [0.2, 0.25) is 0 Å². The van der Waals surface area contributed by atoms with Crippen LogP contribution in [0.5, 0.6) is 40.2 Å². The fourth-order valence-corrected chi connectivity index (χ4v) is 6.99. The van der Waals surface area contributed by atoms with Gasteiger partial charge in [0, 0.05) is 60.1 Å². The highest BCUT2D eigenvalue weighted by Gasteiger charge is 2.35. The molecule has 0 saturated carbocycles. The van der Waals surface area contributed by atoms with Gasteiger partial charge in [-0.15, -0.1) is 0 Å². The van der Waals surface area contributed by atoms with E-state index < -0.39 is 5.97 Å². The molecule has 0 bridgehead atoms. The minimum atomic E-state index is -0.411. The number of carbonyl (C=O) groups is 1. The Kier molecular flexibility index (Phi) is 7.99. The van der Waals surface area contributed by atoms with E-state index >= 15 is 0 Å². The van der Waals surface area contributed by atoms with Gasteiger partial charge in [-0.1, -0.05) is 24.3 Å². The molecule has 3 heterocycles. The summed E-state index contributed by atoms with van der Waals surface area (Å²) < 4.78 is 41.0. The maximum atomic E-state index is 13.2. The molecule has 0 spiro atoms. The van der Waals surface area contributed by atoms with Crippen molar-refractivity contribution < 1.29 is 38.0 Å². The van der Waals surface area contributed by atoms with Gasteiger partial charge in [0.05, 0.1) is 36.8 Å². The molecular weight excluding hydrogens is 636 g/mol. The standard InChI is InChI=1S/C40H36N2O8/c1-5-41(6-2)24-11-14-29-34(17-24)50-35-21-36(44-3)31(20-30(35)39(29)27-9-7-8-10-28(27)40(43)45-4)42(25-12-15-32-37(18-25)48-22-46-32)26-13-16-33-38(19-26)49-23-47-33/h7-21,39H,5-6,22-23H2,1-4H3. The summed E-state index contributed by atoms with van der Waals surface area (Å²) >= 11 is 0. The lowest BCUT2D eigenvalue weighted by Gasteiger charge is -2.34. The lowest BCUT2D eigenvalue weighted by molar-refractivity contribution is 0.0599. The van der Waals surface area contributed by atoms with E-state index in [2.05, 4.69) is 47.9 Å². The fraction of sp³-hybridized carbons (Fsp3) is 0.225. The molecule has 3 aliphatic heterocycles. The minimum Gasteiger partial charge on any atom is -0.494 e. The number of carbonyl (C=O) groups excluding carboxylic acids is 1. The number of nitrogens with zero attached hydrogens (tertiary/aromatic N) is 2. The average Bonchev–Trinajstić information content (AvgIpc) is 3.83. The van der Waals surface area contributed by atoms with E-state index in [-0.39, 0.29) is 19.5 Å². The second-order valence-corrected chi connectivity index (χ2v) is 12.0. The van der Waals surface area contributed by atoms with Crippen molar-refractivity contribution in [3.05, 3.63) is 113 Å². The monoisotopic (exact) mass is 672 g/mol. The summed E-state index contributed by atoms with van der Waals surface area (Å²) in [6.45, 7) is 6.28. The SMILES string of the molecule is CCN(CC)c1ccc2c(c1)Oc1cc(OC)c(N(c3ccc4c(c3)OCO4)c3ccc4c(c3)OCO4)cc1C2c1ccccc1C(=O)OC. The maximum Gasteiger partial charge on any atom is 0.338 e. The number of fused-ring (bicyclic) bond motifs is 4. The average molecular weight is 673 g/mol. The molecular formula is C40H36N2O8. The minimum absolute atomic E-state index is 0.152. The first kappa shape index (κ1) is 31.3. The highest BCUT2D eigenvalue weighted by molar-refractivity contribution is 5.92. The van der Waals surface area contributed by atoms with Gasteiger partial charge in [-0.2, -0.15) is 0 Å². The van der Waals surface area contributed by atoms with Crippen molar-refractivity contribution >= 4 is 28.7 Å². The first-order chi connectivity index (χ1) is 24.5. The van der Waals surface area contributed by atoms with Gasteiger partial charge in [0.25, 0.3) is 0 Å². The molecule has 0 amide bonds. The summed E-state index contributed by atoms with van der Waals surface area (Å²) in [4.78, 5) is 17.6. The Morgan fingerprint density at radius 2 is 1.26 bits per heavy atom. The lowest BCUT2D eigenvalue weighted by atomic mass is 9.80. The largest absolute Gasteiger partial charge is 0.494 e. The predicted octanol–water partition coefficient (Wildman–Crippen LogP) is 8.54. The number of methoxy groups -OCH3 is 2. The van der Waals surface area contributed by atoms with Crippen LogP contribution in [0.1, 0.15) is 46.8 Å². The normalized spacial score (nSPS) is 14.7. The van der Waals surface area contributed by atoms with Crippen molar-refractivity contribution in [1.82, 2.24) is 0 Å². The third kappa shape index (κ3) is 5.24. The number of hydrogen-bond donors (Lipinski definition) is 0. The molecule has 0 N–H and O–H groups in total. The van der Waals surface area contributed by atoms with E-state index in [0.29, 0.717) is 45.8 Å². The zero-order chi connectivity index (χ0) is 34.4. The lowest BCUT2D eigenvalue weighted by Crippen LogP contribution is -2.22. The Bertz CT molecular complexity index is 2050. The predicted molar refractivity (Wildman–Crippen MR) is 189 cm³/mol. The van der Waals surface area contributed by atoms with Crippen molar-refractivity contribution in [3.63, 3.8) is 0 Å². The summed E-state index contributed by atoms with van der Waals surface area (Å²) in [6, 6.07) is 29.5. The summed E-state index contributed by atoms with van der Waals surface area (Å²) in [6.07, 6.45) is 0. The molecule has 8 rings (SSSR count). The van der Waals surface area contributed by atoms with Crippen molar-refractivity contribution in [2.75, 3.05) is 50.7 Å². The number of benzene rings is 5. The Morgan fingerprint density at radius 3 is 1.90 bits per heavy atom. The molecule has 5 aromatic rings. The Labute approximate surface area is 290 Å². The van der Waals surface area contributed by atoms with Crippen LogP contribution in [0.15, 0.2) is 91.0 Å². The third-order valence-electron chi connectivity index (χ3n) is 9.43. The highest BCUT2D eigenvalue weighted by atomic mass is 16.7. The first-order valence-electron chi connectivity index (χ1n) is 16.6. The smallest absolute Gasteiger partial charge is 0.338 e. The van der Waals surface area contributed by atoms with Gasteiger partial charge in [0.15, 0.2) is 23.0 Å². The van der Waals surface area contributed by atoms with Crippen molar-refractivity contribution in [1.29, 1.82) is 0 Å². The molecule has 0 aromatic heterocycles. The van der Waals surface area contributed by atoms with Crippen LogP contribution in [0.4, 0.5) is 22.7 Å². The molecule has 0 aliphatic carbocycles. The molecule has 5 aromatic carbocycles. The molecule has 1 atom stereocenters. The van der Waals surface area contributed by atoms with Crippen LogP contribution in [0, 0.1) is 0 Å². The van der Waals surface area contributed by atoms with E-state index in [4.69, 9.17) is 33.2 Å². The number of anilines is 4. The van der Waals surface area contributed by atoms with Crippen LogP contribution >= 0.6 is 0 Å². The molecule has 254 valence electrons. The maximum absolute atomic E-state index is 13.2. The molecule has 1 unspecified atom stereocenters. The second-order valence-electron chi connectivity index (χ2n) is 12.0. The zero-order valence-corrected chi connectivity index (χ0v) is 28.2. The quantitative estimate of drug-likeness (QED) is 0.139. The van der Waals surface area contributed by atoms with Crippen molar-refractivity contribution in [3.8, 4) is 40.2 Å². The third-order valence-corrected chi connectivity index (χ3v) is 9.43. The number of rotatable bonds is 9. The van der Waals surface area contributed by atoms with Gasteiger partial charge in [-0.05, 0) is 61.9 Å². The van der Waals surface area contributed by atoms with E-state index in [1.165, 1.54) is 7.11 Å². The topological polar surface area (TPSA) is 88.2 Å². The van der Waals surface area contributed by atoms with Crippen LogP contribution in [0.25, 0.3) is 0 Å². The Balaban J connectivity index is 1.36. The van der Waals surface area contributed by atoms with E-state index in [9.17, 15) is 4.79 Å². The molecule has 50 heavy (non-hydrogen) atoms. The van der Waals surface area contributed by atoms with Crippen LogP contribution < -0.4 is 38.2 Å². The van der Waals surface area contributed by atoms with E-state index in [1.807, 2.05) is 60.7 Å².